The van der Waals surface area contributed by atoms with E-state index >= 15 is 0 Å². The minimum atomic E-state index is -0.901. The van der Waals surface area contributed by atoms with E-state index in [1.807, 2.05) is 0 Å². The third-order valence-electron chi connectivity index (χ3n) is 2.22. The maximum absolute atomic E-state index is 10.9. The molecule has 2 rings (SSSR count). The Morgan fingerprint density at radius 1 is 1.60 bits per heavy atom. The first-order valence-electron chi connectivity index (χ1n) is 4.71. The summed E-state index contributed by atoms with van der Waals surface area (Å²) >= 11 is 1.18. The van der Waals surface area contributed by atoms with E-state index in [1.165, 1.54) is 11.8 Å². The summed E-state index contributed by atoms with van der Waals surface area (Å²) in [5, 5.41) is 20.9. The lowest BCUT2D eigenvalue weighted by molar-refractivity contribution is -0.138. The summed E-state index contributed by atoms with van der Waals surface area (Å²) in [5.74, 6) is -0.863. The molecule has 7 heteroatoms. The lowest BCUT2D eigenvalue weighted by atomic mass is 10.2. The fourth-order valence-corrected chi connectivity index (χ4v) is 1.97. The highest BCUT2D eigenvalue weighted by Gasteiger charge is 2.34. The van der Waals surface area contributed by atoms with E-state index in [1.54, 1.807) is 18.5 Å². The number of nitrogens with zero attached hydrogens (tertiary/aromatic N) is 4. The number of carbonyl (C=O) groups is 1. The molecule has 0 saturated heterocycles. The number of carboxylic acids is 1. The molecule has 82 valence electrons. The number of tetrazole rings is 1. The number of carboxylic acid groups (broad SMARTS) is 1. The second-order valence-corrected chi connectivity index (χ2v) is 5.64. The van der Waals surface area contributed by atoms with Crippen molar-refractivity contribution in [1.82, 2.24) is 20.2 Å². The van der Waals surface area contributed by atoms with Gasteiger partial charge in [0.05, 0.1) is 6.04 Å². The van der Waals surface area contributed by atoms with Crippen LogP contribution in [-0.2, 0) is 4.79 Å². The van der Waals surface area contributed by atoms with Crippen LogP contribution in [0.1, 0.15) is 32.7 Å². The van der Waals surface area contributed by atoms with Gasteiger partial charge in [0, 0.05) is 0 Å². The van der Waals surface area contributed by atoms with Crippen molar-refractivity contribution < 1.29 is 9.90 Å². The number of thioether (sulfide) groups is 1. The van der Waals surface area contributed by atoms with Gasteiger partial charge in [-0.3, -0.25) is 4.79 Å². The van der Waals surface area contributed by atoms with Crippen LogP contribution < -0.4 is 0 Å². The van der Waals surface area contributed by atoms with Gasteiger partial charge in [0.2, 0.25) is 5.16 Å². The van der Waals surface area contributed by atoms with Gasteiger partial charge in [0.1, 0.15) is 4.75 Å². The molecule has 0 atom stereocenters. The average molecular weight is 228 g/mol. The zero-order valence-electron chi connectivity index (χ0n) is 8.54. The summed E-state index contributed by atoms with van der Waals surface area (Å²) in [6.07, 6.45) is 2.15. The Hall–Kier alpha value is -1.11. The topological polar surface area (TPSA) is 80.9 Å². The lowest BCUT2D eigenvalue weighted by Crippen LogP contribution is -2.27. The highest BCUT2D eigenvalue weighted by atomic mass is 32.2. The zero-order valence-corrected chi connectivity index (χ0v) is 9.36. The standard InChI is InChI=1S/C8H12N4O2S/c1-8(2,6(13)14)15-7-9-10-11-12(7)5-3-4-5/h5H,3-4H2,1-2H3,(H,13,14). The highest BCUT2D eigenvalue weighted by molar-refractivity contribution is 8.01. The molecule has 0 radical (unpaired) electrons. The molecule has 1 heterocycles. The van der Waals surface area contributed by atoms with Crippen LogP contribution in [0.15, 0.2) is 5.16 Å². The maximum atomic E-state index is 10.9. The summed E-state index contributed by atoms with van der Waals surface area (Å²) in [6.45, 7) is 3.29. The molecular formula is C8H12N4O2S. The molecular weight excluding hydrogens is 216 g/mol. The van der Waals surface area contributed by atoms with Crippen LogP contribution in [0.2, 0.25) is 0 Å². The molecule has 0 spiro atoms. The van der Waals surface area contributed by atoms with Crippen LogP contribution in [-0.4, -0.2) is 36.0 Å². The Kier molecular flexibility index (Phi) is 2.41. The van der Waals surface area contributed by atoms with Crippen molar-refractivity contribution in [2.24, 2.45) is 0 Å². The van der Waals surface area contributed by atoms with Gasteiger partial charge in [-0.1, -0.05) is 11.8 Å². The molecule has 0 amide bonds. The van der Waals surface area contributed by atoms with Crippen LogP contribution in [0.5, 0.6) is 0 Å². The van der Waals surface area contributed by atoms with Gasteiger partial charge in [-0.25, -0.2) is 4.68 Å². The number of rotatable bonds is 4. The third-order valence-corrected chi connectivity index (χ3v) is 3.35. The maximum Gasteiger partial charge on any atom is 0.319 e. The Morgan fingerprint density at radius 3 is 2.80 bits per heavy atom. The molecule has 1 N–H and O–H groups in total. The summed E-state index contributed by atoms with van der Waals surface area (Å²) in [5.41, 5.74) is 0. The second-order valence-electron chi connectivity index (χ2n) is 4.05. The van der Waals surface area contributed by atoms with E-state index in [2.05, 4.69) is 15.5 Å². The van der Waals surface area contributed by atoms with Crippen LogP contribution in [0, 0.1) is 0 Å². The normalized spacial score (nSPS) is 16.7. The molecule has 1 fully saturated rings. The largest absolute Gasteiger partial charge is 0.480 e. The van der Waals surface area contributed by atoms with E-state index in [0.717, 1.165) is 12.8 Å². The van der Waals surface area contributed by atoms with Crippen molar-refractivity contribution in [2.45, 2.75) is 42.6 Å². The molecule has 1 aliphatic rings. The Labute approximate surface area is 91.0 Å². The first-order valence-corrected chi connectivity index (χ1v) is 5.52. The van der Waals surface area contributed by atoms with Crippen molar-refractivity contribution in [3.8, 4) is 0 Å². The van der Waals surface area contributed by atoms with Gasteiger partial charge in [-0.15, -0.1) is 5.10 Å². The Balaban J connectivity index is 2.16. The minimum absolute atomic E-state index is 0.368. The predicted octanol–water partition coefficient (Wildman–Crippen LogP) is 0.963. The van der Waals surface area contributed by atoms with Crippen molar-refractivity contribution in [3.63, 3.8) is 0 Å². The molecule has 0 aromatic carbocycles. The van der Waals surface area contributed by atoms with E-state index in [9.17, 15) is 4.79 Å². The molecule has 0 bridgehead atoms. The quantitative estimate of drug-likeness (QED) is 0.773. The van der Waals surface area contributed by atoms with Crippen LogP contribution >= 0.6 is 11.8 Å². The zero-order chi connectivity index (χ0) is 11.1. The van der Waals surface area contributed by atoms with Gasteiger partial charge < -0.3 is 5.11 Å². The predicted molar refractivity (Wildman–Crippen MR) is 53.7 cm³/mol. The minimum Gasteiger partial charge on any atom is -0.480 e. The number of hydrogen-bond donors (Lipinski definition) is 1. The monoisotopic (exact) mass is 228 g/mol. The van der Waals surface area contributed by atoms with Gasteiger partial charge >= 0.3 is 5.97 Å². The molecule has 1 aromatic heterocycles. The fourth-order valence-electron chi connectivity index (χ4n) is 1.07. The number of aromatic nitrogens is 4. The summed E-state index contributed by atoms with van der Waals surface area (Å²) in [4.78, 5) is 10.9. The van der Waals surface area contributed by atoms with E-state index in [0.29, 0.717) is 11.2 Å². The van der Waals surface area contributed by atoms with Crippen LogP contribution in [0.4, 0.5) is 0 Å². The summed E-state index contributed by atoms with van der Waals surface area (Å²) in [6, 6.07) is 0.368. The molecule has 0 aliphatic heterocycles. The van der Waals surface area contributed by atoms with Gasteiger partial charge in [0.15, 0.2) is 0 Å². The lowest BCUT2D eigenvalue weighted by Gasteiger charge is -2.16. The first-order chi connectivity index (χ1) is 7.00. The highest BCUT2D eigenvalue weighted by Crippen LogP contribution is 2.39. The molecule has 1 aromatic rings. The molecule has 0 unspecified atom stereocenters. The molecule has 6 nitrogen and oxygen atoms in total. The van der Waals surface area contributed by atoms with E-state index in [4.69, 9.17) is 5.11 Å². The van der Waals surface area contributed by atoms with Crippen molar-refractivity contribution in [3.05, 3.63) is 0 Å². The summed E-state index contributed by atoms with van der Waals surface area (Å²) < 4.78 is 0.816. The van der Waals surface area contributed by atoms with Gasteiger partial charge in [0.25, 0.3) is 0 Å². The average Bonchev–Trinajstić information content (AvgIpc) is 2.88. The molecule has 15 heavy (non-hydrogen) atoms. The smallest absolute Gasteiger partial charge is 0.319 e. The Morgan fingerprint density at radius 2 is 2.27 bits per heavy atom. The van der Waals surface area contributed by atoms with Crippen molar-refractivity contribution in [2.75, 3.05) is 0 Å². The number of aliphatic carboxylic acids is 1. The van der Waals surface area contributed by atoms with Gasteiger partial charge in [-0.2, -0.15) is 0 Å². The molecule has 1 saturated carbocycles. The van der Waals surface area contributed by atoms with Gasteiger partial charge in [-0.05, 0) is 37.1 Å². The SMILES string of the molecule is CC(C)(Sc1nnnn1C1CC1)C(=O)O. The summed E-state index contributed by atoms with van der Waals surface area (Å²) in [7, 11) is 0. The molecule has 1 aliphatic carbocycles. The third kappa shape index (κ3) is 2.11. The van der Waals surface area contributed by atoms with Crippen molar-refractivity contribution >= 4 is 17.7 Å². The van der Waals surface area contributed by atoms with Crippen molar-refractivity contribution in [1.29, 1.82) is 0 Å². The van der Waals surface area contributed by atoms with E-state index < -0.39 is 10.7 Å². The van der Waals surface area contributed by atoms with E-state index in [-0.39, 0.29) is 0 Å². The first kappa shape index (κ1) is 10.4. The number of hydrogen-bond acceptors (Lipinski definition) is 5. The Bertz CT molecular complexity index is 386. The van der Waals surface area contributed by atoms with Crippen LogP contribution in [0.25, 0.3) is 0 Å². The fraction of sp³-hybridized carbons (Fsp3) is 0.750. The van der Waals surface area contributed by atoms with Crippen LogP contribution in [0.3, 0.4) is 0 Å². The second kappa shape index (κ2) is 3.48.